The van der Waals surface area contributed by atoms with Gasteiger partial charge in [-0.05, 0) is 36.6 Å². The van der Waals surface area contributed by atoms with Crippen molar-refractivity contribution in [3.8, 4) is 0 Å². The Morgan fingerprint density at radius 1 is 1.40 bits per heavy atom. The molecule has 2 rings (SSSR count). The molecule has 0 bridgehead atoms. The molecular weight excluding hydrogens is 272 g/mol. The Balaban J connectivity index is 1.61. The Morgan fingerprint density at radius 2 is 2.15 bits per heavy atom. The van der Waals surface area contributed by atoms with Crippen LogP contribution in [0.5, 0.6) is 0 Å². The second-order valence-corrected chi connectivity index (χ2v) is 6.21. The van der Waals surface area contributed by atoms with Gasteiger partial charge in [-0.15, -0.1) is 0 Å². The minimum absolute atomic E-state index is 0.0505. The van der Waals surface area contributed by atoms with Gasteiger partial charge in [-0.1, -0.05) is 6.92 Å². The summed E-state index contributed by atoms with van der Waals surface area (Å²) in [7, 11) is 0. The summed E-state index contributed by atoms with van der Waals surface area (Å²) in [6, 6.07) is 1.81. The third kappa shape index (κ3) is 4.34. The van der Waals surface area contributed by atoms with Crippen molar-refractivity contribution in [2.75, 3.05) is 19.6 Å². The van der Waals surface area contributed by atoms with E-state index in [1.54, 1.807) is 6.07 Å². The fourth-order valence-corrected chi connectivity index (χ4v) is 2.99. The van der Waals surface area contributed by atoms with Crippen LogP contribution in [0.1, 0.15) is 43.0 Å². The number of likely N-dealkylation sites (tertiary alicyclic amines) is 1. The average Bonchev–Trinajstić information content (AvgIpc) is 2.98. The van der Waals surface area contributed by atoms with Gasteiger partial charge in [0.2, 0.25) is 5.91 Å². The van der Waals surface area contributed by atoms with Crippen LogP contribution in [0, 0.1) is 5.92 Å². The molecule has 110 valence electrons. The molecule has 0 aliphatic carbocycles. The molecule has 1 saturated heterocycles. The number of amides is 2. The molecular formula is C15H22N2O2S. The van der Waals surface area contributed by atoms with Gasteiger partial charge in [0.1, 0.15) is 0 Å². The summed E-state index contributed by atoms with van der Waals surface area (Å²) in [5.74, 6) is 0.913. The van der Waals surface area contributed by atoms with Gasteiger partial charge in [0.05, 0.1) is 0 Å². The first kappa shape index (κ1) is 15.0. The first-order valence-electron chi connectivity index (χ1n) is 7.25. The quantitative estimate of drug-likeness (QED) is 0.848. The van der Waals surface area contributed by atoms with Crippen molar-refractivity contribution >= 4 is 23.2 Å². The van der Waals surface area contributed by atoms with E-state index in [2.05, 4.69) is 12.2 Å². The minimum Gasteiger partial charge on any atom is -0.352 e. The maximum atomic E-state index is 12.0. The summed E-state index contributed by atoms with van der Waals surface area (Å²) >= 11 is 1.51. The van der Waals surface area contributed by atoms with E-state index < -0.39 is 0 Å². The lowest BCUT2D eigenvalue weighted by molar-refractivity contribution is -0.132. The molecule has 5 heteroatoms. The Morgan fingerprint density at radius 3 is 2.80 bits per heavy atom. The van der Waals surface area contributed by atoms with Crippen molar-refractivity contribution in [1.29, 1.82) is 0 Å². The van der Waals surface area contributed by atoms with Crippen LogP contribution in [0.3, 0.4) is 0 Å². The first-order chi connectivity index (χ1) is 9.66. The monoisotopic (exact) mass is 294 g/mol. The summed E-state index contributed by atoms with van der Waals surface area (Å²) in [5, 5.41) is 6.56. The van der Waals surface area contributed by atoms with Crippen molar-refractivity contribution in [2.24, 2.45) is 5.92 Å². The van der Waals surface area contributed by atoms with E-state index in [1.165, 1.54) is 11.3 Å². The van der Waals surface area contributed by atoms with Crippen molar-refractivity contribution in [1.82, 2.24) is 10.2 Å². The van der Waals surface area contributed by atoms with Crippen LogP contribution < -0.4 is 5.32 Å². The minimum atomic E-state index is -0.0505. The predicted molar refractivity (Wildman–Crippen MR) is 80.9 cm³/mol. The highest BCUT2D eigenvalue weighted by atomic mass is 32.1. The molecule has 20 heavy (non-hydrogen) atoms. The van der Waals surface area contributed by atoms with E-state index in [-0.39, 0.29) is 11.8 Å². The highest BCUT2D eigenvalue weighted by molar-refractivity contribution is 7.08. The zero-order chi connectivity index (χ0) is 14.4. The average molecular weight is 294 g/mol. The fraction of sp³-hybridized carbons (Fsp3) is 0.600. The van der Waals surface area contributed by atoms with Crippen LogP contribution in [-0.2, 0) is 4.79 Å². The SMILES string of the molecule is CC1CCN(C(=O)CCCNC(=O)c2ccsc2)CC1. The molecule has 1 fully saturated rings. The highest BCUT2D eigenvalue weighted by Crippen LogP contribution is 2.16. The molecule has 0 saturated carbocycles. The van der Waals surface area contributed by atoms with Crippen LogP contribution in [0.25, 0.3) is 0 Å². The molecule has 2 heterocycles. The fourth-order valence-electron chi connectivity index (χ4n) is 2.35. The van der Waals surface area contributed by atoms with E-state index in [4.69, 9.17) is 0 Å². The Hall–Kier alpha value is -1.36. The maximum absolute atomic E-state index is 12.0. The van der Waals surface area contributed by atoms with Gasteiger partial charge in [0.25, 0.3) is 5.91 Å². The predicted octanol–water partition coefficient (Wildman–Crippen LogP) is 2.52. The molecule has 1 aliphatic heterocycles. The van der Waals surface area contributed by atoms with Crippen LogP contribution in [0.15, 0.2) is 16.8 Å². The van der Waals surface area contributed by atoms with Crippen molar-refractivity contribution in [3.05, 3.63) is 22.4 Å². The van der Waals surface area contributed by atoms with Gasteiger partial charge < -0.3 is 10.2 Å². The zero-order valence-corrected chi connectivity index (χ0v) is 12.7. The normalized spacial score (nSPS) is 16.1. The number of thiophene rings is 1. The molecule has 1 aromatic rings. The van der Waals surface area contributed by atoms with Gasteiger partial charge in [-0.3, -0.25) is 9.59 Å². The molecule has 0 unspecified atom stereocenters. The number of hydrogen-bond donors (Lipinski definition) is 1. The lowest BCUT2D eigenvalue weighted by atomic mass is 9.99. The Kier molecular flexibility index (Phi) is 5.59. The number of rotatable bonds is 5. The van der Waals surface area contributed by atoms with Gasteiger partial charge in [-0.2, -0.15) is 11.3 Å². The molecule has 0 spiro atoms. The standard InChI is InChI=1S/C15H22N2O2S/c1-12-4-8-17(9-5-12)14(18)3-2-7-16-15(19)13-6-10-20-11-13/h6,10-12H,2-5,7-9H2,1H3,(H,16,19). The zero-order valence-electron chi connectivity index (χ0n) is 11.9. The molecule has 1 aromatic heterocycles. The number of piperidine rings is 1. The van der Waals surface area contributed by atoms with Gasteiger partial charge in [0, 0.05) is 37.0 Å². The lowest BCUT2D eigenvalue weighted by Crippen LogP contribution is -2.38. The van der Waals surface area contributed by atoms with Crippen LogP contribution in [-0.4, -0.2) is 36.3 Å². The largest absolute Gasteiger partial charge is 0.352 e. The number of carbonyl (C=O) groups is 2. The summed E-state index contributed by atoms with van der Waals surface area (Å²) in [5.41, 5.74) is 0.700. The number of nitrogens with zero attached hydrogens (tertiary/aromatic N) is 1. The summed E-state index contributed by atoms with van der Waals surface area (Å²) in [4.78, 5) is 25.6. The van der Waals surface area contributed by atoms with Gasteiger partial charge in [0.15, 0.2) is 0 Å². The second kappa shape index (κ2) is 7.43. The molecule has 4 nitrogen and oxygen atoms in total. The Bertz CT molecular complexity index is 437. The van der Waals surface area contributed by atoms with Crippen LogP contribution in [0.4, 0.5) is 0 Å². The van der Waals surface area contributed by atoms with E-state index in [9.17, 15) is 9.59 Å². The molecule has 2 amide bonds. The third-order valence-corrected chi connectivity index (χ3v) is 4.46. The van der Waals surface area contributed by atoms with Gasteiger partial charge in [-0.25, -0.2) is 0 Å². The maximum Gasteiger partial charge on any atom is 0.252 e. The van der Waals surface area contributed by atoms with E-state index in [1.807, 2.05) is 15.7 Å². The topological polar surface area (TPSA) is 49.4 Å². The van der Waals surface area contributed by atoms with Crippen molar-refractivity contribution in [2.45, 2.75) is 32.6 Å². The number of carbonyl (C=O) groups excluding carboxylic acids is 2. The molecule has 0 aromatic carbocycles. The highest BCUT2D eigenvalue weighted by Gasteiger charge is 2.19. The Labute approximate surface area is 124 Å². The molecule has 0 radical (unpaired) electrons. The number of nitrogens with one attached hydrogen (secondary N) is 1. The van der Waals surface area contributed by atoms with Gasteiger partial charge >= 0.3 is 0 Å². The van der Waals surface area contributed by atoms with E-state index >= 15 is 0 Å². The van der Waals surface area contributed by atoms with E-state index in [0.717, 1.165) is 31.8 Å². The molecule has 1 N–H and O–H groups in total. The smallest absolute Gasteiger partial charge is 0.252 e. The third-order valence-electron chi connectivity index (χ3n) is 3.77. The summed E-state index contributed by atoms with van der Waals surface area (Å²) < 4.78 is 0. The molecule has 0 atom stereocenters. The van der Waals surface area contributed by atoms with Crippen molar-refractivity contribution in [3.63, 3.8) is 0 Å². The summed E-state index contributed by atoms with van der Waals surface area (Å²) in [6.45, 7) is 4.58. The second-order valence-electron chi connectivity index (χ2n) is 5.43. The summed E-state index contributed by atoms with van der Waals surface area (Å²) in [6.07, 6.45) is 3.46. The number of hydrogen-bond acceptors (Lipinski definition) is 3. The van der Waals surface area contributed by atoms with E-state index in [0.29, 0.717) is 24.9 Å². The van der Waals surface area contributed by atoms with Crippen molar-refractivity contribution < 1.29 is 9.59 Å². The lowest BCUT2D eigenvalue weighted by Gasteiger charge is -2.30. The molecule has 1 aliphatic rings. The van der Waals surface area contributed by atoms with Crippen LogP contribution >= 0.6 is 11.3 Å². The van der Waals surface area contributed by atoms with Crippen LogP contribution in [0.2, 0.25) is 0 Å². The first-order valence-corrected chi connectivity index (χ1v) is 8.19.